The fourth-order valence-electron chi connectivity index (χ4n) is 3.82. The van der Waals surface area contributed by atoms with Gasteiger partial charge in [0.15, 0.2) is 17.2 Å². The van der Waals surface area contributed by atoms with Crippen molar-refractivity contribution in [1.82, 2.24) is 25.1 Å². The van der Waals surface area contributed by atoms with Gasteiger partial charge in [0.25, 0.3) is 0 Å². The molecule has 0 saturated carbocycles. The molecule has 182 valence electrons. The van der Waals surface area contributed by atoms with E-state index in [4.69, 9.17) is 25.8 Å². The molecule has 1 N–H and O–H groups in total. The second-order valence-corrected chi connectivity index (χ2v) is 8.33. The lowest BCUT2D eigenvalue weighted by molar-refractivity contribution is 0.0357. The zero-order valence-electron chi connectivity index (χ0n) is 18.6. The molecule has 35 heavy (non-hydrogen) atoms. The van der Waals surface area contributed by atoms with Crippen molar-refractivity contribution in [3.8, 4) is 28.9 Å². The van der Waals surface area contributed by atoms with Crippen LogP contribution in [0.1, 0.15) is 6.42 Å². The lowest BCUT2D eigenvalue weighted by Crippen LogP contribution is -2.37. The number of halogens is 3. The first-order valence-corrected chi connectivity index (χ1v) is 11.5. The summed E-state index contributed by atoms with van der Waals surface area (Å²) in [5.74, 6) is -1.59. The third-order valence-electron chi connectivity index (χ3n) is 5.56. The number of nitrogens with zero attached hydrogens (tertiary/aromatic N) is 4. The van der Waals surface area contributed by atoms with E-state index >= 15 is 0 Å². The van der Waals surface area contributed by atoms with E-state index in [0.29, 0.717) is 28.3 Å². The second kappa shape index (κ2) is 10.5. The Morgan fingerprint density at radius 2 is 1.91 bits per heavy atom. The smallest absolute Gasteiger partial charge is 0.327 e. The SMILES string of the molecule is Fc1ccc(Oc2nc(OCCCN3CCOCC3)c3c(-c4ccccc4Cl)[nH]nc3n2)c(F)c1. The quantitative estimate of drug-likeness (QED) is 0.346. The molecule has 0 spiro atoms. The van der Waals surface area contributed by atoms with Crippen LogP contribution < -0.4 is 9.47 Å². The van der Waals surface area contributed by atoms with Crippen LogP contribution >= 0.6 is 11.6 Å². The van der Waals surface area contributed by atoms with E-state index in [0.717, 1.165) is 51.4 Å². The molecular formula is C24H22ClF2N5O3. The van der Waals surface area contributed by atoms with Gasteiger partial charge < -0.3 is 14.2 Å². The summed E-state index contributed by atoms with van der Waals surface area (Å²) in [7, 11) is 0. The number of hydrogen-bond donors (Lipinski definition) is 1. The molecule has 0 aliphatic carbocycles. The molecule has 8 nitrogen and oxygen atoms in total. The predicted octanol–water partition coefficient (Wildman–Crippen LogP) is 4.84. The number of hydrogen-bond acceptors (Lipinski definition) is 7. The summed E-state index contributed by atoms with van der Waals surface area (Å²) in [6.07, 6.45) is 0.757. The Bertz CT molecular complexity index is 1330. The van der Waals surface area contributed by atoms with Gasteiger partial charge in [0.1, 0.15) is 11.2 Å². The first-order valence-electron chi connectivity index (χ1n) is 11.2. The summed E-state index contributed by atoms with van der Waals surface area (Å²) < 4.78 is 44.4. The van der Waals surface area contributed by atoms with Crippen LogP contribution in [0.4, 0.5) is 8.78 Å². The number of aromatic nitrogens is 4. The number of aromatic amines is 1. The lowest BCUT2D eigenvalue weighted by atomic mass is 10.1. The number of benzene rings is 2. The van der Waals surface area contributed by atoms with Crippen molar-refractivity contribution in [2.75, 3.05) is 39.5 Å². The summed E-state index contributed by atoms with van der Waals surface area (Å²) in [6.45, 7) is 4.45. The maximum atomic E-state index is 14.1. The number of morpholine rings is 1. The molecule has 1 aliphatic heterocycles. The van der Waals surface area contributed by atoms with E-state index in [1.807, 2.05) is 18.2 Å². The van der Waals surface area contributed by atoms with Crippen molar-refractivity contribution in [1.29, 1.82) is 0 Å². The van der Waals surface area contributed by atoms with Crippen molar-refractivity contribution < 1.29 is 23.0 Å². The van der Waals surface area contributed by atoms with Gasteiger partial charge in [-0.1, -0.05) is 29.8 Å². The number of rotatable bonds is 8. The largest absolute Gasteiger partial charge is 0.477 e. The van der Waals surface area contributed by atoms with Crippen LogP contribution in [-0.2, 0) is 4.74 Å². The molecule has 1 saturated heterocycles. The predicted molar refractivity (Wildman–Crippen MR) is 126 cm³/mol. The molecule has 0 amide bonds. The Kier molecular flexibility index (Phi) is 7.03. The van der Waals surface area contributed by atoms with Crippen LogP contribution in [0.2, 0.25) is 5.02 Å². The number of fused-ring (bicyclic) bond motifs is 1. The lowest BCUT2D eigenvalue weighted by Gasteiger charge is -2.26. The maximum absolute atomic E-state index is 14.1. The zero-order chi connectivity index (χ0) is 24.2. The van der Waals surface area contributed by atoms with Gasteiger partial charge in [-0.3, -0.25) is 10.00 Å². The summed E-state index contributed by atoms with van der Waals surface area (Å²) in [6, 6.07) is 10.1. The molecule has 3 heterocycles. The molecule has 0 unspecified atom stereocenters. The van der Waals surface area contributed by atoms with Crippen LogP contribution in [0.25, 0.3) is 22.3 Å². The van der Waals surface area contributed by atoms with E-state index in [-0.39, 0.29) is 23.3 Å². The van der Waals surface area contributed by atoms with Gasteiger partial charge in [-0.2, -0.15) is 15.1 Å². The Morgan fingerprint density at radius 3 is 2.71 bits per heavy atom. The summed E-state index contributed by atoms with van der Waals surface area (Å²) in [5, 5.41) is 8.25. The first-order chi connectivity index (χ1) is 17.1. The van der Waals surface area contributed by atoms with Crippen LogP contribution in [-0.4, -0.2) is 64.5 Å². The Morgan fingerprint density at radius 1 is 1.09 bits per heavy atom. The average molecular weight is 502 g/mol. The van der Waals surface area contributed by atoms with Crippen molar-refractivity contribution in [3.63, 3.8) is 0 Å². The normalized spacial score (nSPS) is 14.4. The molecule has 2 aromatic carbocycles. The van der Waals surface area contributed by atoms with E-state index < -0.39 is 11.6 Å². The Balaban J connectivity index is 1.45. The van der Waals surface area contributed by atoms with Crippen LogP contribution in [0.5, 0.6) is 17.6 Å². The third kappa shape index (κ3) is 5.34. The highest BCUT2D eigenvalue weighted by Gasteiger charge is 2.21. The van der Waals surface area contributed by atoms with Crippen LogP contribution in [0, 0.1) is 11.6 Å². The molecular weight excluding hydrogens is 480 g/mol. The molecule has 0 atom stereocenters. The molecule has 0 radical (unpaired) electrons. The van der Waals surface area contributed by atoms with E-state index in [9.17, 15) is 8.78 Å². The number of ether oxygens (including phenoxy) is 3. The molecule has 5 rings (SSSR count). The monoisotopic (exact) mass is 501 g/mol. The van der Waals surface area contributed by atoms with Crippen molar-refractivity contribution in [2.45, 2.75) is 6.42 Å². The molecule has 1 aliphatic rings. The first kappa shape index (κ1) is 23.4. The van der Waals surface area contributed by atoms with Crippen molar-refractivity contribution in [3.05, 3.63) is 59.1 Å². The van der Waals surface area contributed by atoms with E-state index in [2.05, 4.69) is 25.1 Å². The van der Waals surface area contributed by atoms with Gasteiger partial charge in [-0.25, -0.2) is 8.78 Å². The van der Waals surface area contributed by atoms with Gasteiger partial charge in [0.05, 0.1) is 25.5 Å². The standard InChI is InChI=1S/C24H22ClF2N5O3/c25-17-5-2-1-4-16(17)21-20-22(31-30-21)28-24(35-19-7-6-15(26)14-18(19)27)29-23(20)34-11-3-8-32-9-12-33-13-10-32/h1-2,4-7,14H,3,8-13H2,(H,28,29,30,31). The molecule has 0 bridgehead atoms. The summed E-state index contributed by atoms with van der Waals surface area (Å²) in [5.41, 5.74) is 1.56. The van der Waals surface area contributed by atoms with Gasteiger partial charge in [-0.05, 0) is 24.6 Å². The van der Waals surface area contributed by atoms with E-state index in [1.54, 1.807) is 6.07 Å². The van der Waals surface area contributed by atoms with Crippen molar-refractivity contribution >= 4 is 22.6 Å². The van der Waals surface area contributed by atoms with Crippen LogP contribution in [0.15, 0.2) is 42.5 Å². The highest BCUT2D eigenvalue weighted by Crippen LogP contribution is 2.37. The highest BCUT2D eigenvalue weighted by molar-refractivity contribution is 6.33. The Labute approximate surface area is 204 Å². The fraction of sp³-hybridized carbons (Fsp3) is 0.292. The van der Waals surface area contributed by atoms with Gasteiger partial charge in [0.2, 0.25) is 5.88 Å². The molecule has 1 fully saturated rings. The number of nitrogens with one attached hydrogen (secondary N) is 1. The second-order valence-electron chi connectivity index (χ2n) is 7.92. The highest BCUT2D eigenvalue weighted by atomic mass is 35.5. The maximum Gasteiger partial charge on any atom is 0.327 e. The third-order valence-corrected chi connectivity index (χ3v) is 5.89. The minimum Gasteiger partial charge on any atom is -0.477 e. The minimum atomic E-state index is -0.875. The molecule has 4 aromatic rings. The van der Waals surface area contributed by atoms with Crippen molar-refractivity contribution in [2.24, 2.45) is 0 Å². The van der Waals surface area contributed by atoms with Crippen LogP contribution in [0.3, 0.4) is 0 Å². The summed E-state index contributed by atoms with van der Waals surface area (Å²) in [4.78, 5) is 11.0. The fourth-order valence-corrected chi connectivity index (χ4v) is 4.05. The Hall–Kier alpha value is -3.34. The molecule has 2 aromatic heterocycles. The molecule has 11 heteroatoms. The topological polar surface area (TPSA) is 85.4 Å². The van der Waals surface area contributed by atoms with Gasteiger partial charge in [-0.15, -0.1) is 0 Å². The average Bonchev–Trinajstić information content (AvgIpc) is 3.28. The van der Waals surface area contributed by atoms with Gasteiger partial charge in [0, 0.05) is 36.3 Å². The minimum absolute atomic E-state index is 0.177. The van der Waals surface area contributed by atoms with Gasteiger partial charge >= 0.3 is 6.01 Å². The summed E-state index contributed by atoms with van der Waals surface area (Å²) >= 11 is 6.41. The van der Waals surface area contributed by atoms with E-state index in [1.165, 1.54) is 6.07 Å². The zero-order valence-corrected chi connectivity index (χ0v) is 19.4. The number of H-pyrrole nitrogens is 1.